The van der Waals surface area contributed by atoms with Gasteiger partial charge in [0, 0.05) is 22.8 Å². The zero-order valence-corrected chi connectivity index (χ0v) is 11.7. The van der Waals surface area contributed by atoms with Crippen LogP contribution in [-0.4, -0.2) is 36.1 Å². The molecule has 0 unspecified atom stereocenters. The summed E-state index contributed by atoms with van der Waals surface area (Å²) < 4.78 is 14.2. The van der Waals surface area contributed by atoms with Gasteiger partial charge in [0.05, 0.1) is 0 Å². The normalized spacial score (nSPS) is 17.9. The molecule has 2 rings (SSSR count). The zero-order valence-electron chi connectivity index (χ0n) is 10.1. The van der Waals surface area contributed by atoms with E-state index in [0.29, 0.717) is 10.3 Å². The quantitative estimate of drug-likeness (QED) is 0.927. The van der Waals surface area contributed by atoms with Gasteiger partial charge in [-0.2, -0.15) is 0 Å². The molecule has 5 heteroatoms. The molecule has 1 N–H and O–H groups in total. The second kappa shape index (κ2) is 4.90. The molecule has 1 aliphatic carbocycles. The number of pyridine rings is 1. The van der Waals surface area contributed by atoms with Crippen LogP contribution in [0.15, 0.2) is 16.7 Å². The molecular formula is C12H17BrFN3. The van der Waals surface area contributed by atoms with E-state index in [-0.39, 0.29) is 11.4 Å². The van der Waals surface area contributed by atoms with Crippen molar-refractivity contribution in [1.82, 2.24) is 9.88 Å². The van der Waals surface area contributed by atoms with E-state index in [1.54, 1.807) is 6.20 Å². The van der Waals surface area contributed by atoms with Crippen molar-refractivity contribution in [2.75, 3.05) is 26.0 Å². The lowest BCUT2D eigenvalue weighted by Gasteiger charge is -2.47. The van der Waals surface area contributed by atoms with Crippen LogP contribution in [0.3, 0.4) is 0 Å². The fourth-order valence-corrected chi connectivity index (χ4v) is 2.46. The van der Waals surface area contributed by atoms with Crippen molar-refractivity contribution in [3.8, 4) is 0 Å². The third-order valence-electron chi connectivity index (χ3n) is 3.63. The Kier molecular flexibility index (Phi) is 3.68. The summed E-state index contributed by atoms with van der Waals surface area (Å²) in [6.07, 6.45) is 5.17. The summed E-state index contributed by atoms with van der Waals surface area (Å²) >= 11 is 3.20. The first-order chi connectivity index (χ1) is 8.03. The molecular weight excluding hydrogens is 285 g/mol. The van der Waals surface area contributed by atoms with E-state index in [4.69, 9.17) is 0 Å². The molecule has 0 aliphatic heterocycles. The lowest BCUT2D eigenvalue weighted by Crippen LogP contribution is -2.54. The molecule has 1 fully saturated rings. The van der Waals surface area contributed by atoms with Crippen LogP contribution in [0.1, 0.15) is 19.3 Å². The molecule has 1 aromatic rings. The van der Waals surface area contributed by atoms with Gasteiger partial charge < -0.3 is 10.2 Å². The smallest absolute Gasteiger partial charge is 0.166 e. The summed E-state index contributed by atoms with van der Waals surface area (Å²) in [5.41, 5.74) is 0.168. The minimum Gasteiger partial charge on any atom is -0.366 e. The molecule has 1 saturated carbocycles. The van der Waals surface area contributed by atoms with Crippen LogP contribution in [0.4, 0.5) is 10.2 Å². The van der Waals surface area contributed by atoms with Crippen LogP contribution < -0.4 is 5.32 Å². The van der Waals surface area contributed by atoms with Crippen molar-refractivity contribution in [3.05, 3.63) is 22.6 Å². The first-order valence-electron chi connectivity index (χ1n) is 5.76. The van der Waals surface area contributed by atoms with Crippen LogP contribution in [-0.2, 0) is 0 Å². The fourth-order valence-electron chi connectivity index (χ4n) is 2.16. The van der Waals surface area contributed by atoms with Gasteiger partial charge >= 0.3 is 0 Å². The number of halogens is 2. The van der Waals surface area contributed by atoms with Gasteiger partial charge in [0.2, 0.25) is 0 Å². The second-order valence-corrected chi connectivity index (χ2v) is 5.73. The minimum atomic E-state index is -0.312. The first-order valence-corrected chi connectivity index (χ1v) is 6.55. The van der Waals surface area contributed by atoms with Gasteiger partial charge in [-0.15, -0.1) is 0 Å². The molecule has 17 heavy (non-hydrogen) atoms. The maximum Gasteiger partial charge on any atom is 0.166 e. The number of hydrogen-bond acceptors (Lipinski definition) is 3. The number of aromatic nitrogens is 1. The summed E-state index contributed by atoms with van der Waals surface area (Å²) in [7, 11) is 4.15. The van der Waals surface area contributed by atoms with Crippen molar-refractivity contribution in [3.63, 3.8) is 0 Å². The number of hydrogen-bond donors (Lipinski definition) is 1. The first kappa shape index (κ1) is 12.8. The number of nitrogens with zero attached hydrogens (tertiary/aromatic N) is 2. The van der Waals surface area contributed by atoms with Crippen LogP contribution in [0.5, 0.6) is 0 Å². The van der Waals surface area contributed by atoms with Crippen molar-refractivity contribution >= 4 is 21.7 Å². The zero-order chi connectivity index (χ0) is 12.5. The molecule has 0 radical (unpaired) electrons. The van der Waals surface area contributed by atoms with Crippen LogP contribution >= 0.6 is 15.9 Å². The molecule has 1 aromatic heterocycles. The highest BCUT2D eigenvalue weighted by Crippen LogP contribution is 2.36. The minimum absolute atomic E-state index is 0.168. The van der Waals surface area contributed by atoms with Gasteiger partial charge in [-0.3, -0.25) is 0 Å². The Morgan fingerprint density at radius 1 is 1.53 bits per heavy atom. The molecule has 0 saturated heterocycles. The Hall–Kier alpha value is -0.680. The summed E-state index contributed by atoms with van der Waals surface area (Å²) in [5, 5.41) is 3.12. The Morgan fingerprint density at radius 2 is 2.24 bits per heavy atom. The van der Waals surface area contributed by atoms with Crippen molar-refractivity contribution < 1.29 is 4.39 Å². The Morgan fingerprint density at radius 3 is 2.71 bits per heavy atom. The SMILES string of the molecule is CN(C)C1(CNc2ncc(Br)cc2F)CCC1. The van der Waals surface area contributed by atoms with Crippen LogP contribution in [0, 0.1) is 5.82 Å². The summed E-state index contributed by atoms with van der Waals surface area (Å²) in [4.78, 5) is 6.27. The molecule has 0 aromatic carbocycles. The molecule has 1 aliphatic rings. The van der Waals surface area contributed by atoms with Gasteiger partial charge in [0.25, 0.3) is 0 Å². The topological polar surface area (TPSA) is 28.2 Å². The maximum absolute atomic E-state index is 13.6. The molecule has 0 spiro atoms. The summed E-state index contributed by atoms with van der Waals surface area (Å²) in [6, 6.07) is 1.43. The van der Waals surface area contributed by atoms with E-state index < -0.39 is 0 Å². The van der Waals surface area contributed by atoms with Gasteiger partial charge in [-0.05, 0) is 55.4 Å². The average Bonchev–Trinajstić information content (AvgIpc) is 2.18. The average molecular weight is 302 g/mol. The second-order valence-electron chi connectivity index (χ2n) is 4.81. The lowest BCUT2D eigenvalue weighted by atomic mass is 9.75. The predicted molar refractivity (Wildman–Crippen MR) is 70.7 cm³/mol. The largest absolute Gasteiger partial charge is 0.366 e. The van der Waals surface area contributed by atoms with E-state index >= 15 is 0 Å². The monoisotopic (exact) mass is 301 g/mol. The lowest BCUT2D eigenvalue weighted by molar-refractivity contribution is 0.0737. The molecule has 1 heterocycles. The van der Waals surface area contributed by atoms with E-state index in [1.165, 1.54) is 12.5 Å². The highest BCUT2D eigenvalue weighted by Gasteiger charge is 2.38. The Bertz CT molecular complexity index is 405. The van der Waals surface area contributed by atoms with Gasteiger partial charge in [0.15, 0.2) is 11.6 Å². The summed E-state index contributed by atoms with van der Waals surface area (Å²) in [5.74, 6) is 0.0222. The highest BCUT2D eigenvalue weighted by atomic mass is 79.9. The van der Waals surface area contributed by atoms with E-state index in [2.05, 4.69) is 45.2 Å². The predicted octanol–water partition coefficient (Wildman–Crippen LogP) is 2.88. The van der Waals surface area contributed by atoms with Crippen molar-refractivity contribution in [2.24, 2.45) is 0 Å². The summed E-state index contributed by atoms with van der Waals surface area (Å²) in [6.45, 7) is 0.742. The fraction of sp³-hybridized carbons (Fsp3) is 0.583. The van der Waals surface area contributed by atoms with Crippen molar-refractivity contribution in [1.29, 1.82) is 0 Å². The van der Waals surface area contributed by atoms with E-state index in [0.717, 1.165) is 19.4 Å². The Labute approximate surface area is 110 Å². The van der Waals surface area contributed by atoms with Gasteiger partial charge in [-0.25, -0.2) is 9.37 Å². The van der Waals surface area contributed by atoms with E-state index in [9.17, 15) is 4.39 Å². The van der Waals surface area contributed by atoms with Crippen molar-refractivity contribution in [2.45, 2.75) is 24.8 Å². The third kappa shape index (κ3) is 2.60. The highest BCUT2D eigenvalue weighted by molar-refractivity contribution is 9.10. The molecule has 0 amide bonds. The Balaban J connectivity index is 2.02. The number of nitrogens with one attached hydrogen (secondary N) is 1. The molecule has 3 nitrogen and oxygen atoms in total. The molecule has 94 valence electrons. The number of anilines is 1. The van der Waals surface area contributed by atoms with Crippen LogP contribution in [0.2, 0.25) is 0 Å². The standard InChI is InChI=1S/C12H17BrFN3/c1-17(2)12(4-3-5-12)8-16-11-10(14)6-9(13)7-15-11/h6-7H,3-5,8H2,1-2H3,(H,15,16). The van der Waals surface area contributed by atoms with Crippen LogP contribution in [0.25, 0.3) is 0 Å². The van der Waals surface area contributed by atoms with Gasteiger partial charge in [0.1, 0.15) is 0 Å². The molecule has 0 bridgehead atoms. The third-order valence-corrected chi connectivity index (χ3v) is 4.06. The molecule has 0 atom stereocenters. The van der Waals surface area contributed by atoms with E-state index in [1.807, 2.05) is 0 Å². The van der Waals surface area contributed by atoms with Gasteiger partial charge in [-0.1, -0.05) is 0 Å². The maximum atomic E-state index is 13.6. The number of rotatable bonds is 4. The number of likely N-dealkylation sites (N-methyl/N-ethyl adjacent to an activating group) is 1.